The van der Waals surface area contributed by atoms with Crippen LogP contribution in [0.5, 0.6) is 11.5 Å². The zero-order valence-electron chi connectivity index (χ0n) is 13.7. The molecule has 124 valence electrons. The molecule has 4 rings (SSSR count). The zero-order valence-corrected chi connectivity index (χ0v) is 13.7. The van der Waals surface area contributed by atoms with Gasteiger partial charge in [-0.15, -0.1) is 0 Å². The first-order valence-electron chi connectivity index (χ1n) is 7.93. The van der Waals surface area contributed by atoms with Crippen LogP contribution in [0.15, 0.2) is 45.2 Å². The maximum Gasteiger partial charge on any atom is 0.163 e. The third-order valence-electron chi connectivity index (χ3n) is 4.15. The minimum atomic E-state index is -0.233. The summed E-state index contributed by atoms with van der Waals surface area (Å²) in [5.41, 5.74) is 7.81. The Kier molecular flexibility index (Phi) is 3.49. The predicted octanol–water partition coefficient (Wildman–Crippen LogP) is 4.02. The van der Waals surface area contributed by atoms with Crippen molar-refractivity contribution in [3.05, 3.63) is 65.0 Å². The molecule has 0 saturated carbocycles. The summed E-state index contributed by atoms with van der Waals surface area (Å²) in [6.45, 7) is 4.90. The largest absolute Gasteiger partial charge is 0.486 e. The highest BCUT2D eigenvalue weighted by molar-refractivity contribution is 5.62. The lowest BCUT2D eigenvalue weighted by molar-refractivity contribution is 0.171. The molecule has 0 spiro atoms. The van der Waals surface area contributed by atoms with Gasteiger partial charge in [-0.1, -0.05) is 0 Å². The van der Waals surface area contributed by atoms with Crippen molar-refractivity contribution in [2.75, 3.05) is 18.9 Å². The Morgan fingerprint density at radius 3 is 1.88 bits per heavy atom. The van der Waals surface area contributed by atoms with E-state index in [4.69, 9.17) is 24.0 Å². The first-order valence-corrected chi connectivity index (χ1v) is 7.93. The second-order valence-electron chi connectivity index (χ2n) is 5.95. The molecule has 2 aromatic heterocycles. The van der Waals surface area contributed by atoms with E-state index in [0.717, 1.165) is 28.6 Å². The molecule has 0 radical (unpaired) electrons. The van der Waals surface area contributed by atoms with Crippen LogP contribution in [-0.4, -0.2) is 13.2 Å². The number of hydrogen-bond acceptors (Lipinski definition) is 5. The number of hydrogen-bond donors (Lipinski definition) is 1. The van der Waals surface area contributed by atoms with Crippen LogP contribution in [0.4, 0.5) is 5.69 Å². The molecular formula is C19H19NO4. The van der Waals surface area contributed by atoms with Gasteiger partial charge in [0.2, 0.25) is 0 Å². The van der Waals surface area contributed by atoms with Crippen LogP contribution in [0.25, 0.3) is 0 Å². The van der Waals surface area contributed by atoms with Gasteiger partial charge in [-0.05, 0) is 49.7 Å². The summed E-state index contributed by atoms with van der Waals surface area (Å²) in [6, 6.07) is 11.5. The quantitative estimate of drug-likeness (QED) is 0.736. The summed E-state index contributed by atoms with van der Waals surface area (Å²) >= 11 is 0. The molecular weight excluding hydrogens is 306 g/mol. The maximum atomic E-state index is 6.31. The minimum Gasteiger partial charge on any atom is -0.486 e. The topological polar surface area (TPSA) is 70.8 Å². The zero-order chi connectivity index (χ0) is 16.7. The molecule has 0 unspecified atom stereocenters. The molecule has 0 amide bonds. The summed E-state index contributed by atoms with van der Waals surface area (Å²) in [6.07, 6.45) is 0. The summed E-state index contributed by atoms with van der Waals surface area (Å²) in [7, 11) is 0. The molecule has 5 heteroatoms. The van der Waals surface area contributed by atoms with Gasteiger partial charge in [0, 0.05) is 11.8 Å². The van der Waals surface area contributed by atoms with Crippen LogP contribution in [0.3, 0.4) is 0 Å². The van der Waals surface area contributed by atoms with E-state index >= 15 is 0 Å². The molecule has 0 saturated heterocycles. The second kappa shape index (κ2) is 5.67. The van der Waals surface area contributed by atoms with Crippen molar-refractivity contribution >= 4 is 5.69 Å². The number of aryl methyl sites for hydroxylation is 2. The standard InChI is InChI=1S/C19H19NO4/c1-11-3-5-15(23-11)19(16-6-4-12(2)24-16)13-9-17-18(10-14(13)20)22-8-7-21-17/h3-6,9-10,19H,7-8,20H2,1-2H3. The molecule has 0 atom stereocenters. The molecule has 1 aliphatic rings. The molecule has 3 heterocycles. The van der Waals surface area contributed by atoms with Gasteiger partial charge in [-0.3, -0.25) is 0 Å². The predicted molar refractivity (Wildman–Crippen MR) is 89.7 cm³/mol. The van der Waals surface area contributed by atoms with Crippen LogP contribution in [0.1, 0.15) is 34.5 Å². The second-order valence-corrected chi connectivity index (χ2v) is 5.95. The highest BCUT2D eigenvalue weighted by atomic mass is 16.6. The van der Waals surface area contributed by atoms with Gasteiger partial charge in [-0.2, -0.15) is 0 Å². The van der Waals surface area contributed by atoms with Crippen molar-refractivity contribution in [3.8, 4) is 11.5 Å². The van der Waals surface area contributed by atoms with E-state index in [2.05, 4.69) is 0 Å². The summed E-state index contributed by atoms with van der Waals surface area (Å²) in [4.78, 5) is 0. The van der Waals surface area contributed by atoms with E-state index in [1.54, 1.807) is 0 Å². The summed E-state index contributed by atoms with van der Waals surface area (Å²) in [5.74, 6) is 4.39. The first kappa shape index (κ1) is 14.8. The van der Waals surface area contributed by atoms with E-state index in [9.17, 15) is 0 Å². The summed E-state index contributed by atoms with van der Waals surface area (Å²) in [5, 5.41) is 0. The fourth-order valence-corrected chi connectivity index (χ4v) is 3.03. The Bertz CT molecular complexity index is 837. The van der Waals surface area contributed by atoms with Crippen LogP contribution in [-0.2, 0) is 0 Å². The smallest absolute Gasteiger partial charge is 0.163 e. The number of furan rings is 2. The number of rotatable bonds is 3. The Hall–Kier alpha value is -2.82. The Labute approximate surface area is 140 Å². The van der Waals surface area contributed by atoms with Crippen molar-refractivity contribution < 1.29 is 18.3 Å². The van der Waals surface area contributed by atoms with E-state index in [-0.39, 0.29) is 5.92 Å². The molecule has 1 aromatic carbocycles. The Morgan fingerprint density at radius 1 is 0.833 bits per heavy atom. The third kappa shape index (κ3) is 2.52. The van der Waals surface area contributed by atoms with E-state index < -0.39 is 0 Å². The summed E-state index contributed by atoms with van der Waals surface area (Å²) < 4.78 is 23.1. The lowest BCUT2D eigenvalue weighted by Gasteiger charge is -2.22. The minimum absolute atomic E-state index is 0.233. The van der Waals surface area contributed by atoms with E-state index in [1.165, 1.54) is 0 Å². The van der Waals surface area contributed by atoms with E-state index in [1.807, 2.05) is 50.2 Å². The van der Waals surface area contributed by atoms with Gasteiger partial charge in [0.05, 0.1) is 0 Å². The van der Waals surface area contributed by atoms with Crippen molar-refractivity contribution in [3.63, 3.8) is 0 Å². The molecule has 5 nitrogen and oxygen atoms in total. The van der Waals surface area contributed by atoms with Crippen molar-refractivity contribution in [1.82, 2.24) is 0 Å². The SMILES string of the molecule is Cc1ccc(C(c2ccc(C)o2)c2cc3c(cc2N)OCCO3)o1. The molecule has 3 aromatic rings. The number of nitrogen functional groups attached to an aromatic ring is 1. The van der Waals surface area contributed by atoms with Crippen LogP contribution in [0, 0.1) is 13.8 Å². The fraction of sp³-hybridized carbons (Fsp3) is 0.263. The van der Waals surface area contributed by atoms with Crippen molar-refractivity contribution in [1.29, 1.82) is 0 Å². The third-order valence-corrected chi connectivity index (χ3v) is 4.15. The fourth-order valence-electron chi connectivity index (χ4n) is 3.03. The van der Waals surface area contributed by atoms with Gasteiger partial charge < -0.3 is 24.0 Å². The molecule has 24 heavy (non-hydrogen) atoms. The molecule has 1 aliphatic heterocycles. The van der Waals surface area contributed by atoms with Gasteiger partial charge >= 0.3 is 0 Å². The normalized spacial score (nSPS) is 13.5. The van der Waals surface area contributed by atoms with Gasteiger partial charge in [0.25, 0.3) is 0 Å². The lowest BCUT2D eigenvalue weighted by atomic mass is 9.92. The van der Waals surface area contributed by atoms with Crippen LogP contribution in [0.2, 0.25) is 0 Å². The molecule has 0 bridgehead atoms. The Balaban J connectivity index is 1.87. The highest BCUT2D eigenvalue weighted by Gasteiger charge is 2.27. The van der Waals surface area contributed by atoms with Crippen molar-refractivity contribution in [2.24, 2.45) is 0 Å². The lowest BCUT2D eigenvalue weighted by Crippen LogP contribution is -2.16. The number of benzene rings is 1. The maximum absolute atomic E-state index is 6.31. The number of fused-ring (bicyclic) bond motifs is 1. The average molecular weight is 325 g/mol. The van der Waals surface area contributed by atoms with Gasteiger partial charge in [0.15, 0.2) is 11.5 Å². The number of anilines is 1. The highest BCUT2D eigenvalue weighted by Crippen LogP contribution is 2.42. The molecule has 2 N–H and O–H groups in total. The number of nitrogens with two attached hydrogens (primary N) is 1. The molecule has 0 aliphatic carbocycles. The van der Waals surface area contributed by atoms with Crippen molar-refractivity contribution in [2.45, 2.75) is 19.8 Å². The van der Waals surface area contributed by atoms with Crippen LogP contribution >= 0.6 is 0 Å². The van der Waals surface area contributed by atoms with Crippen LogP contribution < -0.4 is 15.2 Å². The van der Waals surface area contributed by atoms with Gasteiger partial charge in [0.1, 0.15) is 42.2 Å². The molecule has 0 fully saturated rings. The Morgan fingerprint density at radius 2 is 1.38 bits per heavy atom. The average Bonchev–Trinajstić information content (AvgIpc) is 3.17. The van der Waals surface area contributed by atoms with Gasteiger partial charge in [-0.25, -0.2) is 0 Å². The monoisotopic (exact) mass is 325 g/mol. The first-order chi connectivity index (χ1) is 11.6. The van der Waals surface area contributed by atoms with E-state index in [0.29, 0.717) is 30.4 Å². The number of ether oxygens (including phenoxy) is 2.